The van der Waals surface area contributed by atoms with Crippen LogP contribution in [0.4, 0.5) is 0 Å². The summed E-state index contributed by atoms with van der Waals surface area (Å²) in [5.74, 6) is 0. The Morgan fingerprint density at radius 2 is 1.50 bits per heavy atom. The highest BCUT2D eigenvalue weighted by molar-refractivity contribution is 5.74. The summed E-state index contributed by atoms with van der Waals surface area (Å²) in [5.41, 5.74) is 2.30. The van der Waals surface area contributed by atoms with Crippen LogP contribution < -0.4 is 0 Å². The van der Waals surface area contributed by atoms with Gasteiger partial charge in [-0.05, 0) is 50.7 Å². The van der Waals surface area contributed by atoms with Crippen molar-refractivity contribution in [2.75, 3.05) is 13.1 Å². The second kappa shape index (κ2) is 5.99. The van der Waals surface area contributed by atoms with E-state index in [4.69, 9.17) is 0 Å². The van der Waals surface area contributed by atoms with E-state index >= 15 is 0 Å². The van der Waals surface area contributed by atoms with Crippen molar-refractivity contribution in [2.45, 2.75) is 63.5 Å². The van der Waals surface area contributed by atoms with Crippen LogP contribution in [-0.4, -0.2) is 33.0 Å². The summed E-state index contributed by atoms with van der Waals surface area (Å²) in [6, 6.07) is 8.43. The van der Waals surface area contributed by atoms with Crippen LogP contribution in [0, 0.1) is 0 Å². The normalized spacial score (nSPS) is 23.5. The molecule has 2 heterocycles. The number of nitrogens with zero attached hydrogens (tertiary/aromatic N) is 4. The lowest BCUT2D eigenvalue weighted by atomic mass is 9.87. The average Bonchev–Trinajstić information content (AvgIpc) is 2.82. The molecule has 1 saturated heterocycles. The second-order valence-electron chi connectivity index (χ2n) is 6.93. The van der Waals surface area contributed by atoms with Crippen LogP contribution in [0.2, 0.25) is 0 Å². The van der Waals surface area contributed by atoms with Gasteiger partial charge in [-0.3, -0.25) is 4.90 Å². The molecular weight excluding hydrogens is 272 g/mol. The van der Waals surface area contributed by atoms with Crippen molar-refractivity contribution >= 4 is 11.0 Å². The fraction of sp³-hybridized carbons (Fsp3) is 0.667. The standard InChI is InChI=1S/C18H26N4/c1-2-9-15-21(14-8-1)18(12-6-3-7-13-18)22-17-11-5-4-10-16(17)19-20-22/h4-5,10-11H,1-3,6-9,12-15H2. The van der Waals surface area contributed by atoms with Crippen molar-refractivity contribution in [2.24, 2.45) is 0 Å². The van der Waals surface area contributed by atoms with Crippen LogP contribution in [0.1, 0.15) is 57.8 Å². The van der Waals surface area contributed by atoms with Crippen LogP contribution in [-0.2, 0) is 5.66 Å². The number of fused-ring (bicyclic) bond motifs is 1. The molecule has 0 bridgehead atoms. The molecule has 4 heteroatoms. The zero-order valence-electron chi connectivity index (χ0n) is 13.4. The molecule has 4 nitrogen and oxygen atoms in total. The van der Waals surface area contributed by atoms with Gasteiger partial charge in [-0.1, -0.05) is 36.6 Å². The number of hydrogen-bond acceptors (Lipinski definition) is 3. The lowest BCUT2D eigenvalue weighted by Crippen LogP contribution is -2.52. The molecule has 0 spiro atoms. The molecule has 1 aromatic carbocycles. The minimum Gasteiger partial charge on any atom is -0.279 e. The first-order valence-corrected chi connectivity index (χ1v) is 8.96. The van der Waals surface area contributed by atoms with Gasteiger partial charge in [-0.25, -0.2) is 4.68 Å². The molecule has 0 amide bonds. The smallest absolute Gasteiger partial charge is 0.117 e. The predicted octanol–water partition coefficient (Wildman–Crippen LogP) is 3.92. The Kier molecular flexibility index (Phi) is 3.87. The van der Waals surface area contributed by atoms with Gasteiger partial charge < -0.3 is 0 Å². The molecule has 1 aliphatic carbocycles. The Balaban J connectivity index is 1.79. The Morgan fingerprint density at radius 1 is 0.818 bits per heavy atom. The van der Waals surface area contributed by atoms with E-state index in [1.165, 1.54) is 76.4 Å². The van der Waals surface area contributed by atoms with Gasteiger partial charge in [-0.2, -0.15) is 0 Å². The van der Waals surface area contributed by atoms with Crippen molar-refractivity contribution in [1.82, 2.24) is 19.9 Å². The van der Waals surface area contributed by atoms with Crippen LogP contribution in [0.15, 0.2) is 24.3 Å². The van der Waals surface area contributed by atoms with Crippen LogP contribution in [0.5, 0.6) is 0 Å². The predicted molar refractivity (Wildman–Crippen MR) is 88.6 cm³/mol. The van der Waals surface area contributed by atoms with Crippen molar-refractivity contribution in [3.8, 4) is 0 Å². The summed E-state index contributed by atoms with van der Waals surface area (Å²) in [5, 5.41) is 9.07. The Bertz CT molecular complexity index is 619. The fourth-order valence-corrected chi connectivity index (χ4v) is 4.44. The molecule has 0 radical (unpaired) electrons. The molecule has 0 unspecified atom stereocenters. The van der Waals surface area contributed by atoms with Crippen LogP contribution in [0.3, 0.4) is 0 Å². The molecule has 0 N–H and O–H groups in total. The first kappa shape index (κ1) is 14.2. The van der Waals surface area contributed by atoms with E-state index in [0.717, 1.165) is 5.52 Å². The third kappa shape index (κ3) is 2.34. The van der Waals surface area contributed by atoms with Gasteiger partial charge in [0.05, 0.1) is 5.52 Å². The molecule has 2 aromatic rings. The first-order valence-electron chi connectivity index (χ1n) is 8.96. The van der Waals surface area contributed by atoms with E-state index in [1.807, 2.05) is 0 Å². The average molecular weight is 298 g/mol. The topological polar surface area (TPSA) is 34.0 Å². The molecule has 1 saturated carbocycles. The highest BCUT2D eigenvalue weighted by atomic mass is 15.5. The van der Waals surface area contributed by atoms with Gasteiger partial charge >= 0.3 is 0 Å². The Hall–Kier alpha value is -1.42. The number of rotatable bonds is 2. The molecule has 1 aliphatic heterocycles. The molecule has 2 aliphatic rings. The van der Waals surface area contributed by atoms with Gasteiger partial charge in [0.25, 0.3) is 0 Å². The molecular formula is C18H26N4. The largest absolute Gasteiger partial charge is 0.279 e. The molecule has 1 aromatic heterocycles. The molecule has 4 rings (SSSR count). The summed E-state index contributed by atoms with van der Waals surface area (Å²) in [7, 11) is 0. The monoisotopic (exact) mass is 298 g/mol. The lowest BCUT2D eigenvalue weighted by molar-refractivity contribution is -0.0231. The highest BCUT2D eigenvalue weighted by Gasteiger charge is 2.41. The summed E-state index contributed by atoms with van der Waals surface area (Å²) in [6.07, 6.45) is 11.8. The Labute approximate surface area is 132 Å². The maximum atomic E-state index is 4.62. The van der Waals surface area contributed by atoms with Crippen LogP contribution >= 0.6 is 0 Å². The van der Waals surface area contributed by atoms with Crippen LogP contribution in [0.25, 0.3) is 11.0 Å². The lowest BCUT2D eigenvalue weighted by Gasteiger charge is -2.46. The highest BCUT2D eigenvalue weighted by Crippen LogP contribution is 2.40. The number of aromatic nitrogens is 3. The quantitative estimate of drug-likeness (QED) is 0.842. The summed E-state index contributed by atoms with van der Waals surface area (Å²) < 4.78 is 2.27. The third-order valence-electron chi connectivity index (χ3n) is 5.60. The number of likely N-dealkylation sites (tertiary alicyclic amines) is 1. The SMILES string of the molecule is c1ccc2c(c1)nnn2C1(N2CCCCCC2)CCCCC1. The van der Waals surface area contributed by atoms with Gasteiger partial charge in [0.2, 0.25) is 0 Å². The van der Waals surface area contributed by atoms with E-state index in [-0.39, 0.29) is 5.66 Å². The van der Waals surface area contributed by atoms with E-state index in [0.29, 0.717) is 0 Å². The zero-order valence-corrected chi connectivity index (χ0v) is 13.4. The molecule has 22 heavy (non-hydrogen) atoms. The first-order chi connectivity index (χ1) is 10.9. The van der Waals surface area contributed by atoms with E-state index in [9.17, 15) is 0 Å². The fourth-order valence-electron chi connectivity index (χ4n) is 4.44. The minimum absolute atomic E-state index is 0.0681. The minimum atomic E-state index is 0.0681. The maximum Gasteiger partial charge on any atom is 0.117 e. The van der Waals surface area contributed by atoms with Gasteiger partial charge in [0.15, 0.2) is 0 Å². The number of hydrogen-bond donors (Lipinski definition) is 0. The molecule has 0 atom stereocenters. The van der Waals surface area contributed by atoms with Crippen molar-refractivity contribution in [1.29, 1.82) is 0 Å². The summed E-state index contributed by atoms with van der Waals surface area (Å²) >= 11 is 0. The van der Waals surface area contributed by atoms with Gasteiger partial charge in [0.1, 0.15) is 11.2 Å². The summed E-state index contributed by atoms with van der Waals surface area (Å²) in [4.78, 5) is 2.74. The molecule has 118 valence electrons. The Morgan fingerprint density at radius 3 is 2.27 bits per heavy atom. The van der Waals surface area contributed by atoms with E-state index in [2.05, 4.69) is 44.2 Å². The number of para-hydroxylation sites is 1. The third-order valence-corrected chi connectivity index (χ3v) is 5.60. The van der Waals surface area contributed by atoms with E-state index < -0.39 is 0 Å². The van der Waals surface area contributed by atoms with Crippen molar-refractivity contribution < 1.29 is 0 Å². The number of benzene rings is 1. The van der Waals surface area contributed by atoms with Crippen molar-refractivity contribution in [3.05, 3.63) is 24.3 Å². The van der Waals surface area contributed by atoms with Gasteiger partial charge in [0, 0.05) is 13.1 Å². The summed E-state index contributed by atoms with van der Waals surface area (Å²) in [6.45, 7) is 2.43. The van der Waals surface area contributed by atoms with E-state index in [1.54, 1.807) is 0 Å². The maximum absolute atomic E-state index is 4.62. The second-order valence-corrected chi connectivity index (χ2v) is 6.93. The van der Waals surface area contributed by atoms with Crippen molar-refractivity contribution in [3.63, 3.8) is 0 Å². The molecule has 2 fully saturated rings. The zero-order chi connectivity index (χ0) is 14.8. The van der Waals surface area contributed by atoms with Gasteiger partial charge in [-0.15, -0.1) is 5.10 Å².